The summed E-state index contributed by atoms with van der Waals surface area (Å²) in [5.74, 6) is 0. The average molecular weight is 275 g/mol. The van der Waals surface area contributed by atoms with Gasteiger partial charge in [-0.15, -0.1) is 6.58 Å². The van der Waals surface area contributed by atoms with E-state index in [2.05, 4.69) is 11.4 Å². The molecule has 104 valence electrons. The van der Waals surface area contributed by atoms with Gasteiger partial charge < -0.3 is 4.85 Å². The molecule has 0 radical (unpaired) electrons. The maximum Gasteiger partial charge on any atom is 0.336 e. The Morgan fingerprint density at radius 1 is 1.15 bits per heavy atom. The Morgan fingerprint density at radius 3 is 2.20 bits per heavy atom. The summed E-state index contributed by atoms with van der Waals surface area (Å²) in [4.78, 5) is 39.2. The Morgan fingerprint density at radius 2 is 1.70 bits per heavy atom. The summed E-state index contributed by atoms with van der Waals surface area (Å²) < 4.78 is 2.52. The van der Waals surface area contributed by atoms with Crippen molar-refractivity contribution in [3.8, 4) is 6.07 Å². The molecule has 0 bridgehead atoms. The number of hydrogen-bond donors (Lipinski definition) is 0. The minimum atomic E-state index is -0.792. The van der Waals surface area contributed by atoms with Crippen molar-refractivity contribution in [3.05, 3.63) is 55.5 Å². The Balaban J connectivity index is 3.57. The van der Waals surface area contributed by atoms with Crippen molar-refractivity contribution in [2.75, 3.05) is 6.54 Å². The summed E-state index contributed by atoms with van der Waals surface area (Å²) in [5, 5.41) is 8.55. The van der Waals surface area contributed by atoms with Crippen LogP contribution in [0.4, 0.5) is 0 Å². The molecule has 0 spiro atoms. The van der Waals surface area contributed by atoms with Crippen molar-refractivity contribution >= 4 is 0 Å². The third kappa shape index (κ3) is 2.93. The highest BCUT2D eigenvalue weighted by Crippen LogP contribution is 1.82. The fraction of sp³-hybridized carbons (Fsp3) is 0.417. The number of hydrogen-bond acceptors (Lipinski definition) is 4. The van der Waals surface area contributed by atoms with Crippen molar-refractivity contribution < 1.29 is 0 Å². The van der Waals surface area contributed by atoms with Crippen molar-refractivity contribution in [2.24, 2.45) is 0 Å². The molecule has 20 heavy (non-hydrogen) atoms. The van der Waals surface area contributed by atoms with E-state index in [1.54, 1.807) is 0 Å². The standard InChI is InChI=1S/C12H13N5O3/c1-3-7-15-10(18)16(8-4-5-13)12(20)17(11(15)19)9-6-14-2/h3H,1,4,6-9H2. The fourth-order valence-electron chi connectivity index (χ4n) is 1.66. The minimum Gasteiger partial charge on any atom is -0.315 e. The van der Waals surface area contributed by atoms with Crippen LogP contribution >= 0.6 is 0 Å². The van der Waals surface area contributed by atoms with Gasteiger partial charge in [0.25, 0.3) is 0 Å². The molecule has 1 aromatic heterocycles. The first-order chi connectivity index (χ1) is 9.58. The van der Waals surface area contributed by atoms with Gasteiger partial charge in [0.15, 0.2) is 0 Å². The second-order valence-corrected chi connectivity index (χ2v) is 3.84. The molecule has 0 N–H and O–H groups in total. The lowest BCUT2D eigenvalue weighted by atomic mass is 10.4. The molecule has 1 aromatic rings. The summed E-state index contributed by atoms with van der Waals surface area (Å²) in [7, 11) is 0. The van der Waals surface area contributed by atoms with Crippen LogP contribution in [0.3, 0.4) is 0 Å². The maximum absolute atomic E-state index is 12.1. The zero-order valence-corrected chi connectivity index (χ0v) is 10.8. The molecule has 0 aliphatic carbocycles. The van der Waals surface area contributed by atoms with Gasteiger partial charge in [0.2, 0.25) is 6.54 Å². The summed E-state index contributed by atoms with van der Waals surface area (Å²) in [6, 6.07) is 1.84. The first-order valence-corrected chi connectivity index (χ1v) is 5.84. The summed E-state index contributed by atoms with van der Waals surface area (Å²) >= 11 is 0. The first kappa shape index (κ1) is 15.2. The van der Waals surface area contributed by atoms with Gasteiger partial charge in [-0.25, -0.2) is 34.7 Å². The molecule has 0 atom stereocenters. The zero-order chi connectivity index (χ0) is 15.1. The molecule has 1 rings (SSSR count). The van der Waals surface area contributed by atoms with Crippen LogP contribution in [0.5, 0.6) is 0 Å². The Bertz CT molecular complexity index is 697. The molecule has 0 saturated carbocycles. The molecule has 0 aliphatic heterocycles. The van der Waals surface area contributed by atoms with Crippen LogP contribution in [0.15, 0.2) is 27.0 Å². The van der Waals surface area contributed by atoms with Gasteiger partial charge in [-0.05, 0) is 0 Å². The van der Waals surface area contributed by atoms with Crippen LogP contribution in [0.2, 0.25) is 0 Å². The number of nitrogens with zero attached hydrogens (tertiary/aromatic N) is 5. The van der Waals surface area contributed by atoms with E-state index >= 15 is 0 Å². The monoisotopic (exact) mass is 275 g/mol. The van der Waals surface area contributed by atoms with Crippen LogP contribution in [-0.2, 0) is 19.6 Å². The van der Waals surface area contributed by atoms with Crippen molar-refractivity contribution in [2.45, 2.75) is 26.1 Å². The quantitative estimate of drug-likeness (QED) is 0.501. The smallest absolute Gasteiger partial charge is 0.315 e. The Labute approximate surface area is 114 Å². The van der Waals surface area contributed by atoms with E-state index in [9.17, 15) is 14.4 Å². The zero-order valence-electron chi connectivity index (χ0n) is 10.8. The lowest BCUT2D eigenvalue weighted by Gasteiger charge is -2.10. The van der Waals surface area contributed by atoms with Gasteiger partial charge in [-0.2, -0.15) is 5.26 Å². The highest BCUT2D eigenvalue weighted by molar-refractivity contribution is 4.84. The van der Waals surface area contributed by atoms with Crippen LogP contribution in [0, 0.1) is 17.9 Å². The Hall–Kier alpha value is -2.87. The van der Waals surface area contributed by atoms with Gasteiger partial charge in [-0.1, -0.05) is 6.08 Å². The SMILES string of the molecule is [C-]#[N+]CCn1c(=O)n(CC=C)c(=O)n(CCC#N)c1=O. The third-order valence-electron chi connectivity index (χ3n) is 2.58. The lowest BCUT2D eigenvalue weighted by Crippen LogP contribution is -2.54. The maximum atomic E-state index is 12.1. The summed E-state index contributed by atoms with van der Waals surface area (Å²) in [5.41, 5.74) is -2.33. The minimum absolute atomic E-state index is 0.0236. The van der Waals surface area contributed by atoms with Crippen LogP contribution < -0.4 is 17.1 Å². The number of nitriles is 1. The van der Waals surface area contributed by atoms with E-state index in [0.29, 0.717) is 0 Å². The molecular weight excluding hydrogens is 262 g/mol. The average Bonchev–Trinajstić information content (AvgIpc) is 2.43. The normalized spacial score (nSPS) is 9.70. The molecule has 8 nitrogen and oxygen atoms in total. The highest BCUT2D eigenvalue weighted by atomic mass is 16.2. The van der Waals surface area contributed by atoms with Gasteiger partial charge in [0.05, 0.1) is 19.0 Å². The summed E-state index contributed by atoms with van der Waals surface area (Å²) in [6.45, 7) is 9.89. The molecular formula is C12H13N5O3. The molecule has 0 amide bonds. The molecule has 0 saturated heterocycles. The van der Waals surface area contributed by atoms with E-state index in [0.717, 1.165) is 13.7 Å². The van der Waals surface area contributed by atoms with E-state index < -0.39 is 17.1 Å². The number of allylic oxidation sites excluding steroid dienone is 1. The van der Waals surface area contributed by atoms with Crippen molar-refractivity contribution in [3.63, 3.8) is 0 Å². The molecule has 0 unspecified atom stereocenters. The second-order valence-electron chi connectivity index (χ2n) is 3.84. The Kier molecular flexibility index (Phi) is 5.24. The first-order valence-electron chi connectivity index (χ1n) is 5.84. The second kappa shape index (κ2) is 6.90. The third-order valence-corrected chi connectivity index (χ3v) is 2.58. The summed E-state index contributed by atoms with van der Waals surface area (Å²) in [6.07, 6.45) is 1.34. The predicted molar refractivity (Wildman–Crippen MR) is 71.1 cm³/mol. The number of rotatable bonds is 6. The molecule has 0 aliphatic rings. The van der Waals surface area contributed by atoms with Gasteiger partial charge >= 0.3 is 17.1 Å². The fourth-order valence-corrected chi connectivity index (χ4v) is 1.66. The topological polar surface area (TPSA) is 94.2 Å². The van der Waals surface area contributed by atoms with E-state index in [-0.39, 0.29) is 32.6 Å². The van der Waals surface area contributed by atoms with Crippen molar-refractivity contribution in [1.29, 1.82) is 5.26 Å². The van der Waals surface area contributed by atoms with Crippen LogP contribution in [-0.4, -0.2) is 20.2 Å². The van der Waals surface area contributed by atoms with Crippen LogP contribution in [0.25, 0.3) is 4.85 Å². The highest BCUT2D eigenvalue weighted by Gasteiger charge is 2.14. The molecule has 0 fully saturated rings. The van der Waals surface area contributed by atoms with Crippen molar-refractivity contribution in [1.82, 2.24) is 13.7 Å². The van der Waals surface area contributed by atoms with Crippen LogP contribution in [0.1, 0.15) is 6.42 Å². The van der Waals surface area contributed by atoms with E-state index in [4.69, 9.17) is 11.8 Å². The van der Waals surface area contributed by atoms with Gasteiger partial charge in [0.1, 0.15) is 6.54 Å². The van der Waals surface area contributed by atoms with E-state index in [1.807, 2.05) is 6.07 Å². The molecule has 8 heteroatoms. The van der Waals surface area contributed by atoms with E-state index in [1.165, 1.54) is 6.08 Å². The van der Waals surface area contributed by atoms with Gasteiger partial charge in [0, 0.05) is 6.54 Å². The van der Waals surface area contributed by atoms with Gasteiger partial charge in [-0.3, -0.25) is 0 Å². The lowest BCUT2D eigenvalue weighted by molar-refractivity contribution is 0.471. The molecule has 0 aromatic carbocycles. The largest absolute Gasteiger partial charge is 0.336 e. The number of aromatic nitrogens is 3. The predicted octanol–water partition coefficient (Wildman–Crippen LogP) is -0.809. The molecule has 1 heterocycles.